The second kappa shape index (κ2) is 6.53. The molecule has 5 nitrogen and oxygen atoms in total. The molecule has 4 atom stereocenters. The number of urea groups is 1. The Morgan fingerprint density at radius 2 is 1.95 bits per heavy atom. The van der Waals surface area contributed by atoms with Gasteiger partial charge in [-0.05, 0) is 37.5 Å². The third-order valence-electron chi connectivity index (χ3n) is 5.18. The third-order valence-corrected chi connectivity index (χ3v) is 5.18. The molecule has 3 fully saturated rings. The summed E-state index contributed by atoms with van der Waals surface area (Å²) in [6.45, 7) is 7.43. The van der Waals surface area contributed by atoms with Crippen LogP contribution in [0, 0.1) is 11.8 Å². The first-order valence-corrected chi connectivity index (χ1v) is 8.40. The Kier molecular flexibility index (Phi) is 4.69. The molecule has 3 aliphatic heterocycles. The van der Waals surface area contributed by atoms with Gasteiger partial charge in [-0.2, -0.15) is 0 Å². The molecule has 0 saturated carbocycles. The number of carbonyl (C=O) groups is 1. The standard InChI is InChI=1S/C16H28N2O3/c1-11(2)15-7-12(5-6-21-15)8-17-16(19)18-13-3-4-14(18)10-20-9-13/h11-15H,3-10H2,1-2H3,(H,17,19). The van der Waals surface area contributed by atoms with E-state index in [2.05, 4.69) is 19.2 Å². The SMILES string of the molecule is CC(C)C1CC(CNC(=O)N2C3CCC2COC3)CCO1. The summed E-state index contributed by atoms with van der Waals surface area (Å²) < 4.78 is 11.3. The summed E-state index contributed by atoms with van der Waals surface area (Å²) in [5.41, 5.74) is 0. The summed E-state index contributed by atoms with van der Waals surface area (Å²) in [7, 11) is 0. The zero-order valence-corrected chi connectivity index (χ0v) is 13.2. The first kappa shape index (κ1) is 15.1. The number of hydrogen-bond acceptors (Lipinski definition) is 3. The highest BCUT2D eigenvalue weighted by atomic mass is 16.5. The van der Waals surface area contributed by atoms with Gasteiger partial charge in [-0.25, -0.2) is 4.79 Å². The van der Waals surface area contributed by atoms with Crippen LogP contribution >= 0.6 is 0 Å². The van der Waals surface area contributed by atoms with Gasteiger partial charge in [0.25, 0.3) is 0 Å². The first-order chi connectivity index (χ1) is 10.1. The van der Waals surface area contributed by atoms with Crippen molar-refractivity contribution in [2.24, 2.45) is 11.8 Å². The molecule has 3 rings (SSSR count). The molecule has 3 heterocycles. The Morgan fingerprint density at radius 3 is 2.62 bits per heavy atom. The van der Waals surface area contributed by atoms with Gasteiger partial charge >= 0.3 is 6.03 Å². The molecule has 3 aliphatic rings. The quantitative estimate of drug-likeness (QED) is 0.867. The summed E-state index contributed by atoms with van der Waals surface area (Å²) in [5, 5.41) is 3.16. The van der Waals surface area contributed by atoms with E-state index in [-0.39, 0.29) is 6.03 Å². The molecule has 1 N–H and O–H groups in total. The molecular formula is C16H28N2O3. The molecule has 21 heavy (non-hydrogen) atoms. The minimum Gasteiger partial charge on any atom is -0.378 e. The predicted octanol–water partition coefficient (Wildman–Crippen LogP) is 2.01. The van der Waals surface area contributed by atoms with E-state index >= 15 is 0 Å². The minimum absolute atomic E-state index is 0.110. The number of carbonyl (C=O) groups excluding carboxylic acids is 1. The molecule has 0 aliphatic carbocycles. The monoisotopic (exact) mass is 296 g/mol. The van der Waals surface area contributed by atoms with Gasteiger partial charge in [-0.1, -0.05) is 13.8 Å². The van der Waals surface area contributed by atoms with Crippen molar-refractivity contribution in [2.45, 2.75) is 57.7 Å². The number of nitrogens with one attached hydrogen (secondary N) is 1. The van der Waals surface area contributed by atoms with Gasteiger partial charge < -0.3 is 19.7 Å². The Bertz CT molecular complexity index is 359. The van der Waals surface area contributed by atoms with Crippen LogP contribution in [-0.4, -0.2) is 55.5 Å². The van der Waals surface area contributed by atoms with Gasteiger partial charge in [-0.15, -0.1) is 0 Å². The van der Waals surface area contributed by atoms with E-state index in [1.807, 2.05) is 4.90 Å². The van der Waals surface area contributed by atoms with Gasteiger partial charge in [0.1, 0.15) is 0 Å². The number of morpholine rings is 1. The van der Waals surface area contributed by atoms with Crippen LogP contribution in [-0.2, 0) is 9.47 Å². The Hall–Kier alpha value is -0.810. The van der Waals surface area contributed by atoms with Gasteiger partial charge in [0.2, 0.25) is 0 Å². The van der Waals surface area contributed by atoms with Crippen LogP contribution in [0.3, 0.4) is 0 Å². The number of hydrogen-bond donors (Lipinski definition) is 1. The lowest BCUT2D eigenvalue weighted by atomic mass is 9.90. The first-order valence-electron chi connectivity index (χ1n) is 8.40. The van der Waals surface area contributed by atoms with E-state index in [0.29, 0.717) is 43.2 Å². The second-order valence-electron chi connectivity index (χ2n) is 7.06. The average molecular weight is 296 g/mol. The fraction of sp³-hybridized carbons (Fsp3) is 0.938. The van der Waals surface area contributed by atoms with E-state index in [0.717, 1.165) is 38.8 Å². The van der Waals surface area contributed by atoms with E-state index in [9.17, 15) is 4.79 Å². The minimum atomic E-state index is 0.110. The van der Waals surface area contributed by atoms with Crippen LogP contribution in [0.4, 0.5) is 4.79 Å². The lowest BCUT2D eigenvalue weighted by Gasteiger charge is -2.36. The average Bonchev–Trinajstić information content (AvgIpc) is 2.74. The molecule has 2 bridgehead atoms. The van der Waals surface area contributed by atoms with Crippen molar-refractivity contribution in [2.75, 3.05) is 26.4 Å². The van der Waals surface area contributed by atoms with E-state index in [1.54, 1.807) is 0 Å². The molecule has 0 aromatic rings. The predicted molar refractivity (Wildman–Crippen MR) is 80.2 cm³/mol. The number of ether oxygens (including phenoxy) is 2. The molecule has 0 aromatic carbocycles. The molecule has 120 valence electrons. The zero-order valence-electron chi connectivity index (χ0n) is 13.2. The van der Waals surface area contributed by atoms with Gasteiger partial charge in [-0.3, -0.25) is 0 Å². The van der Waals surface area contributed by atoms with Crippen LogP contribution in [0.2, 0.25) is 0 Å². The molecular weight excluding hydrogens is 268 g/mol. The fourth-order valence-electron chi connectivity index (χ4n) is 3.83. The zero-order chi connectivity index (χ0) is 14.8. The maximum atomic E-state index is 12.4. The normalized spacial score (nSPS) is 36.0. The molecule has 4 unspecified atom stereocenters. The summed E-state index contributed by atoms with van der Waals surface area (Å²) in [4.78, 5) is 14.5. The highest BCUT2D eigenvalue weighted by molar-refractivity contribution is 5.75. The van der Waals surface area contributed by atoms with Gasteiger partial charge in [0.05, 0.1) is 31.4 Å². The summed E-state index contributed by atoms with van der Waals surface area (Å²) in [5.74, 6) is 1.10. The van der Waals surface area contributed by atoms with Crippen molar-refractivity contribution in [1.29, 1.82) is 0 Å². The van der Waals surface area contributed by atoms with Gasteiger partial charge in [0.15, 0.2) is 0 Å². The molecule has 2 amide bonds. The van der Waals surface area contributed by atoms with Crippen molar-refractivity contribution in [3.05, 3.63) is 0 Å². The van der Waals surface area contributed by atoms with Crippen LogP contribution in [0.5, 0.6) is 0 Å². The second-order valence-corrected chi connectivity index (χ2v) is 7.06. The summed E-state index contributed by atoms with van der Waals surface area (Å²) in [6, 6.07) is 0.696. The molecule has 5 heteroatoms. The Balaban J connectivity index is 1.47. The molecule has 0 spiro atoms. The lowest BCUT2D eigenvalue weighted by molar-refractivity contribution is -0.0338. The van der Waals surface area contributed by atoms with Crippen LogP contribution in [0.25, 0.3) is 0 Å². The van der Waals surface area contributed by atoms with E-state index in [4.69, 9.17) is 9.47 Å². The fourth-order valence-corrected chi connectivity index (χ4v) is 3.83. The maximum absolute atomic E-state index is 12.4. The molecule has 0 radical (unpaired) electrons. The van der Waals surface area contributed by atoms with E-state index in [1.165, 1.54) is 0 Å². The number of rotatable bonds is 3. The highest BCUT2D eigenvalue weighted by Gasteiger charge is 2.40. The topological polar surface area (TPSA) is 50.8 Å². The van der Waals surface area contributed by atoms with E-state index < -0.39 is 0 Å². The van der Waals surface area contributed by atoms with Crippen molar-refractivity contribution in [3.63, 3.8) is 0 Å². The summed E-state index contributed by atoms with van der Waals surface area (Å²) >= 11 is 0. The molecule has 0 aromatic heterocycles. The van der Waals surface area contributed by atoms with Crippen LogP contribution < -0.4 is 5.32 Å². The maximum Gasteiger partial charge on any atom is 0.318 e. The number of nitrogens with zero attached hydrogens (tertiary/aromatic N) is 1. The number of fused-ring (bicyclic) bond motifs is 2. The van der Waals surface area contributed by atoms with Crippen molar-refractivity contribution < 1.29 is 14.3 Å². The lowest BCUT2D eigenvalue weighted by Crippen LogP contribution is -2.53. The van der Waals surface area contributed by atoms with Crippen molar-refractivity contribution in [3.8, 4) is 0 Å². The third kappa shape index (κ3) is 3.34. The smallest absolute Gasteiger partial charge is 0.318 e. The Labute approximate surface area is 127 Å². The summed E-state index contributed by atoms with van der Waals surface area (Å²) in [6.07, 6.45) is 4.64. The number of amides is 2. The van der Waals surface area contributed by atoms with Crippen LogP contribution in [0.15, 0.2) is 0 Å². The van der Waals surface area contributed by atoms with Crippen molar-refractivity contribution >= 4 is 6.03 Å². The van der Waals surface area contributed by atoms with Crippen molar-refractivity contribution in [1.82, 2.24) is 10.2 Å². The van der Waals surface area contributed by atoms with Gasteiger partial charge in [0, 0.05) is 13.2 Å². The molecule has 3 saturated heterocycles. The Morgan fingerprint density at radius 1 is 1.24 bits per heavy atom. The van der Waals surface area contributed by atoms with Crippen LogP contribution in [0.1, 0.15) is 39.5 Å². The largest absolute Gasteiger partial charge is 0.378 e. The highest BCUT2D eigenvalue weighted by Crippen LogP contribution is 2.29.